The predicted molar refractivity (Wildman–Crippen MR) is 58.8 cm³/mol. The Morgan fingerprint density at radius 2 is 1.81 bits per heavy atom. The molecule has 0 bridgehead atoms. The minimum atomic E-state index is -0.272. The van der Waals surface area contributed by atoms with Crippen molar-refractivity contribution in [2.24, 2.45) is 5.92 Å². The number of ketones is 2. The van der Waals surface area contributed by atoms with Crippen LogP contribution in [0.25, 0.3) is 0 Å². The minimum Gasteiger partial charge on any atom is -0.396 e. The molecule has 5 nitrogen and oxygen atoms in total. The molecule has 0 aromatic rings. The summed E-state index contributed by atoms with van der Waals surface area (Å²) < 4.78 is 0. The Labute approximate surface area is 95.2 Å². The third kappa shape index (κ3) is 7.11. The summed E-state index contributed by atoms with van der Waals surface area (Å²) in [6, 6.07) is 0. The topological polar surface area (TPSA) is 83.5 Å². The number of aliphatic hydroxyl groups is 1. The van der Waals surface area contributed by atoms with E-state index >= 15 is 0 Å². The molecule has 0 aliphatic carbocycles. The Hall–Kier alpha value is -1.23. The number of carbonyl (C=O) groups excluding carboxylic acids is 3. The fraction of sp³-hybridized carbons (Fsp3) is 0.727. The third-order valence-corrected chi connectivity index (χ3v) is 2.25. The molecule has 16 heavy (non-hydrogen) atoms. The van der Waals surface area contributed by atoms with E-state index in [-0.39, 0.29) is 49.3 Å². The van der Waals surface area contributed by atoms with Crippen LogP contribution in [0.15, 0.2) is 0 Å². The summed E-state index contributed by atoms with van der Waals surface area (Å²) in [5.74, 6) is -0.593. The number of amides is 1. The number of aliphatic hydroxyl groups excluding tert-OH is 1. The highest BCUT2D eigenvalue weighted by Gasteiger charge is 2.14. The molecular formula is C11H19NO4. The van der Waals surface area contributed by atoms with Crippen molar-refractivity contribution in [1.29, 1.82) is 0 Å². The van der Waals surface area contributed by atoms with E-state index in [0.717, 1.165) is 0 Å². The van der Waals surface area contributed by atoms with Crippen LogP contribution in [0.2, 0.25) is 0 Å². The van der Waals surface area contributed by atoms with Crippen LogP contribution in [0.3, 0.4) is 0 Å². The van der Waals surface area contributed by atoms with Gasteiger partial charge in [-0.2, -0.15) is 0 Å². The summed E-state index contributed by atoms with van der Waals surface area (Å²) in [7, 11) is 0. The van der Waals surface area contributed by atoms with Crippen molar-refractivity contribution in [1.82, 2.24) is 5.32 Å². The maximum Gasteiger partial charge on any atom is 0.216 e. The number of carbonyl (C=O) groups is 3. The molecule has 5 heteroatoms. The van der Waals surface area contributed by atoms with Gasteiger partial charge in [-0.05, 0) is 0 Å². The van der Waals surface area contributed by atoms with Crippen molar-refractivity contribution in [3.63, 3.8) is 0 Å². The second kappa shape index (κ2) is 7.98. The molecule has 2 N–H and O–H groups in total. The molecule has 0 heterocycles. The predicted octanol–water partition coefficient (Wildman–Crippen LogP) is 0.0594. The zero-order chi connectivity index (χ0) is 12.6. The van der Waals surface area contributed by atoms with Crippen molar-refractivity contribution in [3.05, 3.63) is 0 Å². The average Bonchev–Trinajstić information content (AvgIpc) is 2.22. The van der Waals surface area contributed by atoms with E-state index in [9.17, 15) is 14.4 Å². The summed E-state index contributed by atoms with van der Waals surface area (Å²) in [5.41, 5.74) is 0. The maximum atomic E-state index is 11.5. The van der Waals surface area contributed by atoms with Crippen LogP contribution in [0, 0.1) is 5.92 Å². The first-order valence-electron chi connectivity index (χ1n) is 5.37. The van der Waals surface area contributed by atoms with Gasteiger partial charge in [-0.15, -0.1) is 0 Å². The molecule has 0 spiro atoms. The molecule has 0 aliphatic heterocycles. The van der Waals surface area contributed by atoms with Gasteiger partial charge in [0, 0.05) is 45.3 Å². The smallest absolute Gasteiger partial charge is 0.216 e. The number of hydrogen-bond donors (Lipinski definition) is 2. The SMILES string of the molecule is CC(=O)NCC(C)C(=O)CCC(=O)CCO. The van der Waals surface area contributed by atoms with Gasteiger partial charge in [0.25, 0.3) is 0 Å². The molecule has 0 rings (SSSR count). The monoisotopic (exact) mass is 229 g/mol. The van der Waals surface area contributed by atoms with Crippen molar-refractivity contribution in [2.45, 2.75) is 33.1 Å². The molecular weight excluding hydrogens is 210 g/mol. The van der Waals surface area contributed by atoms with E-state index in [1.54, 1.807) is 6.92 Å². The Bertz CT molecular complexity index is 263. The third-order valence-electron chi connectivity index (χ3n) is 2.25. The molecule has 0 aromatic heterocycles. The van der Waals surface area contributed by atoms with Crippen LogP contribution < -0.4 is 5.32 Å². The molecule has 0 fully saturated rings. The Kier molecular flexibility index (Phi) is 7.37. The van der Waals surface area contributed by atoms with Gasteiger partial charge in [-0.3, -0.25) is 14.4 Å². The van der Waals surface area contributed by atoms with Crippen LogP contribution >= 0.6 is 0 Å². The first-order valence-corrected chi connectivity index (χ1v) is 5.37. The fourth-order valence-corrected chi connectivity index (χ4v) is 1.17. The largest absolute Gasteiger partial charge is 0.396 e. The summed E-state index contributed by atoms with van der Waals surface area (Å²) >= 11 is 0. The molecule has 0 saturated heterocycles. The average molecular weight is 229 g/mol. The van der Waals surface area contributed by atoms with E-state index in [0.29, 0.717) is 6.54 Å². The minimum absolute atomic E-state index is 0.0416. The highest BCUT2D eigenvalue weighted by atomic mass is 16.3. The Morgan fingerprint density at radius 1 is 1.19 bits per heavy atom. The fourth-order valence-electron chi connectivity index (χ4n) is 1.17. The summed E-state index contributed by atoms with van der Waals surface area (Å²) in [5, 5.41) is 11.1. The van der Waals surface area contributed by atoms with E-state index in [1.165, 1.54) is 6.92 Å². The number of hydrogen-bond acceptors (Lipinski definition) is 4. The first kappa shape index (κ1) is 14.8. The molecule has 1 atom stereocenters. The Balaban J connectivity index is 3.78. The lowest BCUT2D eigenvalue weighted by molar-refractivity contribution is -0.126. The van der Waals surface area contributed by atoms with Crippen LogP contribution in [-0.2, 0) is 14.4 Å². The van der Waals surface area contributed by atoms with Crippen LogP contribution in [0.1, 0.15) is 33.1 Å². The van der Waals surface area contributed by atoms with Gasteiger partial charge in [0.15, 0.2) is 0 Å². The van der Waals surface area contributed by atoms with E-state index in [1.807, 2.05) is 0 Å². The van der Waals surface area contributed by atoms with Gasteiger partial charge in [-0.1, -0.05) is 6.92 Å². The van der Waals surface area contributed by atoms with Gasteiger partial charge in [0.2, 0.25) is 5.91 Å². The quantitative estimate of drug-likeness (QED) is 0.616. The van der Waals surface area contributed by atoms with Crippen molar-refractivity contribution in [2.75, 3.05) is 13.2 Å². The first-order chi connectivity index (χ1) is 7.47. The van der Waals surface area contributed by atoms with E-state index in [4.69, 9.17) is 5.11 Å². The van der Waals surface area contributed by atoms with Crippen LogP contribution in [-0.4, -0.2) is 35.7 Å². The zero-order valence-electron chi connectivity index (χ0n) is 9.78. The van der Waals surface area contributed by atoms with Gasteiger partial charge >= 0.3 is 0 Å². The summed E-state index contributed by atoms with van der Waals surface area (Å²) in [6.07, 6.45) is 0.455. The molecule has 1 unspecified atom stereocenters. The molecule has 0 saturated carbocycles. The van der Waals surface area contributed by atoms with E-state index in [2.05, 4.69) is 5.32 Å². The van der Waals surface area contributed by atoms with Crippen LogP contribution in [0.4, 0.5) is 0 Å². The number of rotatable bonds is 8. The van der Waals surface area contributed by atoms with Gasteiger partial charge in [0.1, 0.15) is 11.6 Å². The van der Waals surface area contributed by atoms with Crippen LogP contribution in [0.5, 0.6) is 0 Å². The number of nitrogens with one attached hydrogen (secondary N) is 1. The van der Waals surface area contributed by atoms with Crippen molar-refractivity contribution < 1.29 is 19.5 Å². The highest BCUT2D eigenvalue weighted by Crippen LogP contribution is 2.04. The van der Waals surface area contributed by atoms with Crippen molar-refractivity contribution >= 4 is 17.5 Å². The van der Waals surface area contributed by atoms with Crippen molar-refractivity contribution in [3.8, 4) is 0 Å². The lowest BCUT2D eigenvalue weighted by Gasteiger charge is -2.10. The lowest BCUT2D eigenvalue weighted by Crippen LogP contribution is -2.29. The molecule has 1 amide bonds. The van der Waals surface area contributed by atoms with E-state index < -0.39 is 0 Å². The van der Waals surface area contributed by atoms with Gasteiger partial charge in [0.05, 0.1) is 0 Å². The van der Waals surface area contributed by atoms with Gasteiger partial charge in [-0.25, -0.2) is 0 Å². The van der Waals surface area contributed by atoms with Gasteiger partial charge < -0.3 is 10.4 Å². The number of Topliss-reactive ketones (excluding diaryl/α,β-unsaturated/α-hetero) is 2. The molecule has 92 valence electrons. The second-order valence-electron chi connectivity index (χ2n) is 3.82. The summed E-state index contributed by atoms with van der Waals surface area (Å²) in [6.45, 7) is 3.24. The lowest BCUT2D eigenvalue weighted by atomic mass is 10.0. The second-order valence-corrected chi connectivity index (χ2v) is 3.82. The Morgan fingerprint density at radius 3 is 2.31 bits per heavy atom. The highest BCUT2D eigenvalue weighted by molar-refractivity contribution is 5.87. The molecule has 0 aromatic carbocycles. The normalized spacial score (nSPS) is 11.9. The molecule has 0 radical (unpaired) electrons. The standard InChI is InChI=1S/C11H19NO4/c1-8(7-12-9(2)14)11(16)4-3-10(15)5-6-13/h8,13H,3-7H2,1-2H3,(H,12,14). The maximum absolute atomic E-state index is 11.5. The molecule has 0 aliphatic rings. The summed E-state index contributed by atoms with van der Waals surface area (Å²) in [4.78, 5) is 33.2. The zero-order valence-corrected chi connectivity index (χ0v) is 9.78.